The Hall–Kier alpha value is -0.960. The summed E-state index contributed by atoms with van der Waals surface area (Å²) in [7, 11) is 0. The molecule has 3 heteroatoms. The first-order valence-electron chi connectivity index (χ1n) is 7.82. The second kappa shape index (κ2) is 4.55. The minimum Gasteiger partial charge on any atom is -0.321 e. The molecule has 102 valence electrons. The summed E-state index contributed by atoms with van der Waals surface area (Å²) in [5.41, 5.74) is 6.35. The highest BCUT2D eigenvalue weighted by molar-refractivity contribution is 5.02. The Labute approximate surface area is 115 Å². The van der Waals surface area contributed by atoms with Crippen LogP contribution >= 0.6 is 0 Å². The van der Waals surface area contributed by atoms with Crippen LogP contribution in [0.1, 0.15) is 50.4 Å². The van der Waals surface area contributed by atoms with Crippen LogP contribution in [0.3, 0.4) is 0 Å². The molecule has 4 saturated carbocycles. The fraction of sp³-hybridized carbons (Fsp3) is 0.750. The molecule has 1 heterocycles. The van der Waals surface area contributed by atoms with E-state index in [2.05, 4.69) is 9.97 Å². The topological polar surface area (TPSA) is 51.8 Å². The lowest BCUT2D eigenvalue weighted by atomic mass is 9.51. The largest absolute Gasteiger partial charge is 0.321 e. The third-order valence-corrected chi connectivity index (χ3v) is 5.87. The van der Waals surface area contributed by atoms with Gasteiger partial charge in [0.05, 0.1) is 6.04 Å². The molecule has 0 amide bonds. The maximum Gasteiger partial charge on any atom is 0.144 e. The van der Waals surface area contributed by atoms with Crippen molar-refractivity contribution in [3.8, 4) is 0 Å². The summed E-state index contributed by atoms with van der Waals surface area (Å²) in [6.07, 6.45) is 12.1. The molecule has 0 spiro atoms. The van der Waals surface area contributed by atoms with Crippen molar-refractivity contribution in [2.45, 2.75) is 44.6 Å². The van der Waals surface area contributed by atoms with Crippen LogP contribution in [0.2, 0.25) is 0 Å². The van der Waals surface area contributed by atoms with E-state index in [4.69, 9.17) is 5.73 Å². The van der Waals surface area contributed by atoms with E-state index in [1.54, 1.807) is 12.4 Å². The molecule has 0 radical (unpaired) electrons. The summed E-state index contributed by atoms with van der Waals surface area (Å²) < 4.78 is 0. The molecule has 4 aliphatic carbocycles. The number of aromatic nitrogens is 2. The number of nitrogens with zero attached hydrogens (tertiary/aromatic N) is 2. The van der Waals surface area contributed by atoms with Crippen molar-refractivity contribution in [1.82, 2.24) is 9.97 Å². The summed E-state index contributed by atoms with van der Waals surface area (Å²) in [4.78, 5) is 8.65. The maximum absolute atomic E-state index is 6.35. The van der Waals surface area contributed by atoms with Crippen molar-refractivity contribution < 1.29 is 0 Å². The van der Waals surface area contributed by atoms with Gasteiger partial charge in [-0.25, -0.2) is 9.97 Å². The second-order valence-electron chi connectivity index (χ2n) is 7.04. The van der Waals surface area contributed by atoms with E-state index in [1.807, 2.05) is 6.07 Å². The van der Waals surface area contributed by atoms with Crippen molar-refractivity contribution in [1.29, 1.82) is 0 Å². The molecular formula is C16H23N3. The van der Waals surface area contributed by atoms with E-state index in [1.165, 1.54) is 32.1 Å². The molecule has 3 nitrogen and oxygen atoms in total. The Morgan fingerprint density at radius 2 is 1.58 bits per heavy atom. The Bertz CT molecular complexity index is 417. The van der Waals surface area contributed by atoms with E-state index >= 15 is 0 Å². The van der Waals surface area contributed by atoms with Gasteiger partial charge in [0, 0.05) is 12.4 Å². The SMILES string of the molecule is NC(CC1C2CC3CC(C2)CC1C3)c1ncccn1. The zero-order chi connectivity index (χ0) is 12.8. The van der Waals surface area contributed by atoms with E-state index < -0.39 is 0 Å². The summed E-state index contributed by atoms with van der Waals surface area (Å²) in [6, 6.07) is 1.89. The molecular weight excluding hydrogens is 234 g/mol. The summed E-state index contributed by atoms with van der Waals surface area (Å²) in [5, 5.41) is 0. The van der Waals surface area contributed by atoms with E-state index in [9.17, 15) is 0 Å². The number of hydrogen-bond donors (Lipinski definition) is 1. The van der Waals surface area contributed by atoms with Gasteiger partial charge in [0.2, 0.25) is 0 Å². The molecule has 19 heavy (non-hydrogen) atoms. The van der Waals surface area contributed by atoms with Gasteiger partial charge in [0.15, 0.2) is 0 Å². The predicted octanol–water partition coefficient (Wildman–Crippen LogP) is 2.94. The third-order valence-electron chi connectivity index (χ3n) is 5.87. The normalized spacial score (nSPS) is 41.4. The van der Waals surface area contributed by atoms with E-state index in [0.29, 0.717) is 0 Å². The number of rotatable bonds is 3. The lowest BCUT2D eigenvalue weighted by molar-refractivity contribution is -0.0423. The zero-order valence-corrected chi connectivity index (χ0v) is 11.4. The summed E-state index contributed by atoms with van der Waals surface area (Å²) in [5.74, 6) is 5.66. The van der Waals surface area contributed by atoms with Gasteiger partial charge in [-0.2, -0.15) is 0 Å². The molecule has 1 atom stereocenters. The van der Waals surface area contributed by atoms with Crippen LogP contribution in [-0.4, -0.2) is 9.97 Å². The van der Waals surface area contributed by atoms with Gasteiger partial charge in [-0.3, -0.25) is 0 Å². The molecule has 0 aliphatic heterocycles. The van der Waals surface area contributed by atoms with Crippen molar-refractivity contribution in [3.05, 3.63) is 24.3 Å². The van der Waals surface area contributed by atoms with Gasteiger partial charge in [-0.05, 0) is 74.2 Å². The molecule has 1 aromatic rings. The van der Waals surface area contributed by atoms with Crippen LogP contribution in [0.15, 0.2) is 18.5 Å². The summed E-state index contributed by atoms with van der Waals surface area (Å²) in [6.45, 7) is 0. The van der Waals surface area contributed by atoms with Gasteiger partial charge < -0.3 is 5.73 Å². The van der Waals surface area contributed by atoms with Crippen LogP contribution in [0.25, 0.3) is 0 Å². The number of hydrogen-bond acceptors (Lipinski definition) is 3. The standard InChI is InChI=1S/C16H23N3/c17-15(16-18-2-1-3-19-16)9-14-12-5-10-4-11(7-12)8-13(14)6-10/h1-3,10-15H,4-9,17H2. The Kier molecular flexibility index (Phi) is 2.83. The Balaban J connectivity index is 1.48. The molecule has 4 bridgehead atoms. The smallest absolute Gasteiger partial charge is 0.144 e. The highest BCUT2D eigenvalue weighted by atomic mass is 14.9. The number of nitrogens with two attached hydrogens (primary N) is 1. The van der Waals surface area contributed by atoms with Gasteiger partial charge in [0.25, 0.3) is 0 Å². The lowest BCUT2D eigenvalue weighted by Gasteiger charge is -2.55. The first-order chi connectivity index (χ1) is 9.29. The van der Waals surface area contributed by atoms with Crippen molar-refractivity contribution in [3.63, 3.8) is 0 Å². The molecule has 1 unspecified atom stereocenters. The van der Waals surface area contributed by atoms with E-state index in [-0.39, 0.29) is 6.04 Å². The fourth-order valence-electron chi connectivity index (χ4n) is 5.32. The lowest BCUT2D eigenvalue weighted by Crippen LogP contribution is -2.45. The van der Waals surface area contributed by atoms with Gasteiger partial charge >= 0.3 is 0 Å². The van der Waals surface area contributed by atoms with Gasteiger partial charge in [-0.15, -0.1) is 0 Å². The Morgan fingerprint density at radius 3 is 2.16 bits per heavy atom. The molecule has 4 aliphatic rings. The van der Waals surface area contributed by atoms with Crippen molar-refractivity contribution >= 4 is 0 Å². The van der Waals surface area contributed by atoms with Crippen LogP contribution in [0.5, 0.6) is 0 Å². The fourth-order valence-corrected chi connectivity index (χ4v) is 5.32. The monoisotopic (exact) mass is 257 g/mol. The minimum atomic E-state index is 0.0312. The third kappa shape index (κ3) is 2.08. The first-order valence-corrected chi connectivity index (χ1v) is 7.82. The molecule has 0 aromatic carbocycles. The average molecular weight is 257 g/mol. The van der Waals surface area contributed by atoms with Crippen LogP contribution in [-0.2, 0) is 0 Å². The Morgan fingerprint density at radius 1 is 1.00 bits per heavy atom. The average Bonchev–Trinajstić information content (AvgIpc) is 2.43. The van der Waals surface area contributed by atoms with Gasteiger partial charge in [-0.1, -0.05) is 0 Å². The maximum atomic E-state index is 6.35. The highest BCUT2D eigenvalue weighted by Crippen LogP contribution is 2.57. The van der Waals surface area contributed by atoms with Crippen LogP contribution in [0.4, 0.5) is 0 Å². The second-order valence-corrected chi connectivity index (χ2v) is 7.04. The minimum absolute atomic E-state index is 0.0312. The first kappa shape index (κ1) is 11.8. The summed E-state index contributed by atoms with van der Waals surface area (Å²) >= 11 is 0. The van der Waals surface area contributed by atoms with Crippen molar-refractivity contribution in [2.24, 2.45) is 35.3 Å². The predicted molar refractivity (Wildman–Crippen MR) is 74.1 cm³/mol. The highest BCUT2D eigenvalue weighted by Gasteiger charge is 2.48. The molecule has 2 N–H and O–H groups in total. The molecule has 0 saturated heterocycles. The quantitative estimate of drug-likeness (QED) is 0.905. The molecule has 5 rings (SSSR count). The van der Waals surface area contributed by atoms with Crippen LogP contribution < -0.4 is 5.73 Å². The zero-order valence-electron chi connectivity index (χ0n) is 11.4. The van der Waals surface area contributed by atoms with Crippen LogP contribution in [0, 0.1) is 29.6 Å². The molecule has 1 aromatic heterocycles. The van der Waals surface area contributed by atoms with Crippen molar-refractivity contribution in [2.75, 3.05) is 0 Å². The van der Waals surface area contributed by atoms with Gasteiger partial charge in [0.1, 0.15) is 5.82 Å². The molecule has 4 fully saturated rings. The van der Waals surface area contributed by atoms with E-state index in [0.717, 1.165) is 41.8 Å².